The zero-order valence-corrected chi connectivity index (χ0v) is 55.3. The van der Waals surface area contributed by atoms with Gasteiger partial charge in [0, 0.05) is 19.4 Å². The van der Waals surface area contributed by atoms with Crippen LogP contribution >= 0.6 is 7.82 Å². The van der Waals surface area contributed by atoms with Crippen LogP contribution in [0.25, 0.3) is 0 Å². The second-order valence-electron chi connectivity index (χ2n) is 23.7. The van der Waals surface area contributed by atoms with Crippen LogP contribution in [0.3, 0.4) is 0 Å². The Morgan fingerprint density at radius 1 is 0.373 bits per heavy atom. The van der Waals surface area contributed by atoms with Gasteiger partial charge in [0.2, 0.25) is 0 Å². The van der Waals surface area contributed by atoms with Crippen molar-refractivity contribution in [3.05, 3.63) is 72.9 Å². The van der Waals surface area contributed by atoms with Crippen LogP contribution in [0.2, 0.25) is 0 Å². The molecule has 0 saturated carbocycles. The fourth-order valence-corrected chi connectivity index (χ4v) is 11.1. The van der Waals surface area contributed by atoms with Gasteiger partial charge in [-0.1, -0.05) is 324 Å². The molecule has 0 aliphatic rings. The summed E-state index contributed by atoms with van der Waals surface area (Å²) in [4.78, 5) is 35.4. The topological polar surface area (TPSA) is 134 Å². The molecule has 0 aliphatic carbocycles. The van der Waals surface area contributed by atoms with Crippen molar-refractivity contribution in [3.8, 4) is 0 Å². The maximum atomic E-state index is 12.8. The lowest BCUT2D eigenvalue weighted by atomic mass is 10.0. The number of phosphoric acid groups is 1. The summed E-state index contributed by atoms with van der Waals surface area (Å²) in [5.74, 6) is -0.811. The van der Waals surface area contributed by atoms with E-state index in [9.17, 15) is 19.0 Å². The number of hydrogen-bond donors (Lipinski definition) is 2. The molecule has 0 fully saturated rings. The molecule has 0 radical (unpaired) electrons. The van der Waals surface area contributed by atoms with Crippen molar-refractivity contribution in [1.82, 2.24) is 0 Å². The maximum Gasteiger partial charge on any atom is 0.472 e. The maximum absolute atomic E-state index is 12.8. The molecule has 0 saturated heterocycles. The molecule has 0 aromatic heterocycles. The Bertz CT molecular complexity index is 1590. The average molecular weight is 1180 g/mol. The van der Waals surface area contributed by atoms with Crippen molar-refractivity contribution < 1.29 is 37.6 Å². The summed E-state index contributed by atoms with van der Waals surface area (Å²) in [6, 6.07) is 0. The van der Waals surface area contributed by atoms with Crippen LogP contribution in [0.5, 0.6) is 0 Å². The highest BCUT2D eigenvalue weighted by molar-refractivity contribution is 7.47. The Hall–Kier alpha value is -2.55. The smallest absolute Gasteiger partial charge is 0.462 e. The third-order valence-corrected chi connectivity index (χ3v) is 16.6. The first-order valence-electron chi connectivity index (χ1n) is 35.4. The summed E-state index contributed by atoms with van der Waals surface area (Å²) in [5.41, 5.74) is 5.40. The number of carbonyl (C=O) groups is 2. The molecule has 9 nitrogen and oxygen atoms in total. The predicted octanol–water partition coefficient (Wildman–Crippen LogP) is 23.2. The van der Waals surface area contributed by atoms with E-state index in [1.165, 1.54) is 250 Å². The lowest BCUT2D eigenvalue weighted by molar-refractivity contribution is -0.161. The predicted molar refractivity (Wildman–Crippen MR) is 358 cm³/mol. The molecule has 0 bridgehead atoms. The SMILES string of the molecule is CC/C=C\C/C=C\C/C=C\C/C=C\CCCCCCCCCCCCCCCCCCCCC(=O)OC(COC(=O)CCCCCCCCCCCCCCCCCCCCC/C=C\C/C=C\CCCCCCC)COP(=O)(O)OCCN. The summed E-state index contributed by atoms with van der Waals surface area (Å²) in [6.45, 7) is 3.68. The molecule has 2 unspecified atom stereocenters. The van der Waals surface area contributed by atoms with Crippen molar-refractivity contribution >= 4 is 19.8 Å². The zero-order chi connectivity index (χ0) is 60.1. The largest absolute Gasteiger partial charge is 0.472 e. The second-order valence-corrected chi connectivity index (χ2v) is 25.2. The molecule has 0 heterocycles. The Morgan fingerprint density at radius 3 is 0.988 bits per heavy atom. The van der Waals surface area contributed by atoms with Crippen LogP contribution < -0.4 is 5.73 Å². The lowest BCUT2D eigenvalue weighted by Gasteiger charge is -2.19. The fraction of sp³-hybridized carbons (Fsp3) is 0.808. The van der Waals surface area contributed by atoms with Gasteiger partial charge in [-0.25, -0.2) is 4.57 Å². The summed E-state index contributed by atoms with van der Waals surface area (Å²) in [6.07, 6.45) is 90.0. The molecular formula is C73H134NO8P. The quantitative estimate of drug-likeness (QED) is 0.0264. The Balaban J connectivity index is 3.83. The van der Waals surface area contributed by atoms with Crippen molar-refractivity contribution in [2.75, 3.05) is 26.4 Å². The van der Waals surface area contributed by atoms with Gasteiger partial charge >= 0.3 is 19.8 Å². The van der Waals surface area contributed by atoms with Crippen LogP contribution in [-0.4, -0.2) is 49.3 Å². The van der Waals surface area contributed by atoms with E-state index < -0.39 is 26.5 Å². The van der Waals surface area contributed by atoms with Crippen LogP contribution in [0.1, 0.15) is 348 Å². The van der Waals surface area contributed by atoms with E-state index in [0.29, 0.717) is 6.42 Å². The number of hydrogen-bond acceptors (Lipinski definition) is 8. The number of rotatable bonds is 67. The average Bonchev–Trinajstić information content (AvgIpc) is 3.48. The Morgan fingerprint density at radius 2 is 0.663 bits per heavy atom. The highest BCUT2D eigenvalue weighted by Gasteiger charge is 2.26. The van der Waals surface area contributed by atoms with Crippen molar-refractivity contribution in [2.24, 2.45) is 5.73 Å². The Labute approximate surface area is 513 Å². The van der Waals surface area contributed by atoms with Crippen molar-refractivity contribution in [3.63, 3.8) is 0 Å². The molecule has 0 aliphatic heterocycles. The molecule has 484 valence electrons. The number of nitrogens with two attached hydrogens (primary N) is 1. The van der Waals surface area contributed by atoms with Crippen LogP contribution in [0.4, 0.5) is 0 Å². The van der Waals surface area contributed by atoms with E-state index in [-0.39, 0.29) is 38.6 Å². The number of ether oxygens (including phenoxy) is 2. The van der Waals surface area contributed by atoms with E-state index in [1.54, 1.807) is 0 Å². The van der Waals surface area contributed by atoms with E-state index in [2.05, 4.69) is 86.8 Å². The minimum atomic E-state index is -4.39. The number of unbranched alkanes of at least 4 members (excludes halogenated alkanes) is 42. The van der Waals surface area contributed by atoms with E-state index in [4.69, 9.17) is 24.3 Å². The number of esters is 2. The second kappa shape index (κ2) is 68.6. The Kier molecular flexibility index (Phi) is 66.5. The van der Waals surface area contributed by atoms with Gasteiger partial charge in [-0.3, -0.25) is 18.6 Å². The third-order valence-electron chi connectivity index (χ3n) is 15.6. The molecule has 2 atom stereocenters. The van der Waals surface area contributed by atoms with E-state index in [0.717, 1.165) is 64.2 Å². The van der Waals surface area contributed by atoms with Gasteiger partial charge in [0.15, 0.2) is 6.10 Å². The number of phosphoric ester groups is 1. The van der Waals surface area contributed by atoms with Crippen molar-refractivity contribution in [1.29, 1.82) is 0 Å². The highest BCUT2D eigenvalue weighted by Crippen LogP contribution is 2.43. The molecule has 0 aromatic rings. The summed E-state index contributed by atoms with van der Waals surface area (Å²) >= 11 is 0. The van der Waals surface area contributed by atoms with Gasteiger partial charge in [0.1, 0.15) is 6.61 Å². The lowest BCUT2D eigenvalue weighted by Crippen LogP contribution is -2.29. The standard InChI is InChI=1S/C73H134NO8P/c1-3-5-7-9-11-13-15-17-19-21-23-25-27-29-31-33-35-37-39-41-43-45-47-49-51-53-55-57-59-61-63-65-72(75)79-69-71(70-81-83(77,78)80-68-67-74)82-73(76)66-64-62-60-58-56-54-52-50-48-46-44-42-40-38-36-34-32-30-28-26-24-22-20-18-16-14-12-10-8-6-4-2/h6,8,12,14-15,17-18,20-21,23-24,26,71H,3-5,7,9-11,13,16,19,22,25,27-70,74H2,1-2H3,(H,77,78)/b8-6-,14-12-,17-15-,20-18-,23-21-,26-24-. The molecule has 0 spiro atoms. The highest BCUT2D eigenvalue weighted by atomic mass is 31.2. The first kappa shape index (κ1) is 80.5. The minimum Gasteiger partial charge on any atom is -0.462 e. The minimum absolute atomic E-state index is 0.0538. The normalized spacial score (nSPS) is 13.3. The summed E-state index contributed by atoms with van der Waals surface area (Å²) in [5, 5.41) is 0. The molecule has 10 heteroatoms. The molecule has 0 amide bonds. The van der Waals surface area contributed by atoms with Gasteiger partial charge in [-0.2, -0.15) is 0 Å². The van der Waals surface area contributed by atoms with Crippen LogP contribution in [0, 0.1) is 0 Å². The van der Waals surface area contributed by atoms with Gasteiger partial charge in [-0.15, -0.1) is 0 Å². The zero-order valence-electron chi connectivity index (χ0n) is 54.4. The van der Waals surface area contributed by atoms with Gasteiger partial charge in [0.25, 0.3) is 0 Å². The van der Waals surface area contributed by atoms with Crippen LogP contribution in [0.15, 0.2) is 72.9 Å². The molecule has 0 rings (SSSR count). The summed E-state index contributed by atoms with van der Waals surface area (Å²) < 4.78 is 33.2. The fourth-order valence-electron chi connectivity index (χ4n) is 10.4. The molecule has 83 heavy (non-hydrogen) atoms. The summed E-state index contributed by atoms with van der Waals surface area (Å²) in [7, 11) is -4.39. The first-order valence-corrected chi connectivity index (χ1v) is 36.9. The monoisotopic (exact) mass is 1180 g/mol. The number of carbonyl (C=O) groups excluding carboxylic acids is 2. The van der Waals surface area contributed by atoms with Gasteiger partial charge in [0.05, 0.1) is 13.2 Å². The third kappa shape index (κ3) is 68.4. The number of allylic oxidation sites excluding steroid dienone is 12. The first-order chi connectivity index (χ1) is 40.8. The van der Waals surface area contributed by atoms with Gasteiger partial charge in [-0.05, 0) is 83.5 Å². The van der Waals surface area contributed by atoms with Crippen LogP contribution in [-0.2, 0) is 32.7 Å². The van der Waals surface area contributed by atoms with Gasteiger partial charge < -0.3 is 20.1 Å². The van der Waals surface area contributed by atoms with E-state index in [1.807, 2.05) is 0 Å². The molecule has 3 N–H and O–H groups in total. The molecule has 0 aromatic carbocycles. The molecular weight excluding hydrogens is 1050 g/mol. The van der Waals surface area contributed by atoms with Crippen molar-refractivity contribution in [2.45, 2.75) is 354 Å². The van der Waals surface area contributed by atoms with E-state index >= 15 is 0 Å².